The molecule has 0 aliphatic carbocycles. The first-order valence-corrected chi connectivity index (χ1v) is 4.60. The van der Waals surface area contributed by atoms with E-state index in [2.05, 4.69) is 19.9 Å². The number of methoxy groups -OCH3 is 1. The van der Waals surface area contributed by atoms with Crippen molar-refractivity contribution in [1.29, 1.82) is 5.26 Å². The Balaban J connectivity index is 2.50. The Bertz CT molecular complexity index is 644. The Morgan fingerprint density at radius 3 is 2.88 bits per heavy atom. The van der Waals surface area contributed by atoms with Crippen molar-refractivity contribution in [2.24, 2.45) is 0 Å². The molecule has 0 aliphatic heterocycles. The third-order valence-corrected chi connectivity index (χ3v) is 2.01. The van der Waals surface area contributed by atoms with Crippen LogP contribution in [-0.4, -0.2) is 27.0 Å². The molecule has 0 saturated carbocycles. The van der Waals surface area contributed by atoms with Crippen molar-refractivity contribution in [2.45, 2.75) is 0 Å². The Labute approximate surface area is 95.8 Å². The van der Waals surface area contributed by atoms with E-state index in [9.17, 15) is 4.79 Å². The molecule has 2 aromatic heterocycles. The molecule has 0 bridgehead atoms. The summed E-state index contributed by atoms with van der Waals surface area (Å²) in [5.41, 5.74) is -0.136. The summed E-state index contributed by atoms with van der Waals surface area (Å²) in [6.45, 7) is 0. The van der Waals surface area contributed by atoms with Crippen molar-refractivity contribution in [3.8, 4) is 23.5 Å². The molecular formula is C10H7N5O2. The summed E-state index contributed by atoms with van der Waals surface area (Å²) in [6, 6.07) is 3.26. The predicted octanol–water partition coefficient (Wildman–Crippen LogP) is 0.107. The van der Waals surface area contributed by atoms with Crippen molar-refractivity contribution in [3.05, 3.63) is 34.5 Å². The van der Waals surface area contributed by atoms with Gasteiger partial charge in [0.25, 0.3) is 5.56 Å². The fourth-order valence-electron chi connectivity index (χ4n) is 1.19. The minimum Gasteiger partial charge on any atom is -0.481 e. The van der Waals surface area contributed by atoms with Crippen LogP contribution in [0.25, 0.3) is 11.5 Å². The van der Waals surface area contributed by atoms with E-state index >= 15 is 0 Å². The second-order valence-corrected chi connectivity index (χ2v) is 3.03. The first-order chi connectivity index (χ1) is 8.24. The van der Waals surface area contributed by atoms with E-state index in [4.69, 9.17) is 10.00 Å². The summed E-state index contributed by atoms with van der Waals surface area (Å²) in [5.74, 6) is 0.622. The zero-order valence-electron chi connectivity index (χ0n) is 8.84. The van der Waals surface area contributed by atoms with Crippen molar-refractivity contribution in [3.63, 3.8) is 0 Å². The second-order valence-electron chi connectivity index (χ2n) is 3.03. The zero-order chi connectivity index (χ0) is 12.3. The molecule has 0 amide bonds. The number of H-pyrrole nitrogens is 1. The van der Waals surface area contributed by atoms with Crippen LogP contribution in [0.5, 0.6) is 5.88 Å². The van der Waals surface area contributed by atoms with Gasteiger partial charge in [0.1, 0.15) is 23.7 Å². The summed E-state index contributed by atoms with van der Waals surface area (Å²) in [7, 11) is 1.47. The van der Waals surface area contributed by atoms with E-state index in [1.165, 1.54) is 25.7 Å². The Kier molecular flexibility index (Phi) is 2.79. The summed E-state index contributed by atoms with van der Waals surface area (Å²) < 4.78 is 4.93. The van der Waals surface area contributed by atoms with Crippen molar-refractivity contribution in [1.82, 2.24) is 19.9 Å². The van der Waals surface area contributed by atoms with Crippen LogP contribution in [0.2, 0.25) is 0 Å². The van der Waals surface area contributed by atoms with Gasteiger partial charge in [0.2, 0.25) is 5.88 Å². The van der Waals surface area contributed by atoms with Crippen LogP contribution in [0, 0.1) is 11.3 Å². The van der Waals surface area contributed by atoms with Gasteiger partial charge in [-0.05, 0) is 0 Å². The molecule has 0 aromatic carbocycles. The van der Waals surface area contributed by atoms with E-state index in [1.54, 1.807) is 6.07 Å². The molecule has 84 valence electrons. The first-order valence-electron chi connectivity index (χ1n) is 4.60. The number of rotatable bonds is 2. The number of hydrogen-bond donors (Lipinski definition) is 1. The van der Waals surface area contributed by atoms with Gasteiger partial charge in [0.15, 0.2) is 5.82 Å². The van der Waals surface area contributed by atoms with Crippen molar-refractivity contribution < 1.29 is 4.74 Å². The lowest BCUT2D eigenvalue weighted by atomic mass is 10.3. The van der Waals surface area contributed by atoms with E-state index < -0.39 is 5.56 Å². The van der Waals surface area contributed by atoms with Crippen LogP contribution in [-0.2, 0) is 0 Å². The standard InChI is InChI=1S/C10H7N5O2/c1-17-8-2-7(13-5-14-8)9-12-4-6(3-11)10(16)15-9/h2,4-5H,1H3,(H,12,15,16). The monoisotopic (exact) mass is 229 g/mol. The molecule has 0 atom stereocenters. The highest BCUT2D eigenvalue weighted by atomic mass is 16.5. The number of aromatic nitrogens is 4. The maximum absolute atomic E-state index is 11.4. The number of ether oxygens (including phenoxy) is 1. The fraction of sp³-hybridized carbons (Fsp3) is 0.100. The molecule has 7 nitrogen and oxygen atoms in total. The van der Waals surface area contributed by atoms with Crippen LogP contribution in [0.15, 0.2) is 23.4 Å². The maximum atomic E-state index is 11.4. The predicted molar refractivity (Wildman–Crippen MR) is 57.2 cm³/mol. The first kappa shape index (κ1) is 10.8. The molecule has 2 aromatic rings. The van der Waals surface area contributed by atoms with Gasteiger partial charge in [0.05, 0.1) is 13.3 Å². The Morgan fingerprint density at radius 2 is 2.24 bits per heavy atom. The number of nitrogens with zero attached hydrogens (tertiary/aromatic N) is 4. The van der Waals surface area contributed by atoms with E-state index in [-0.39, 0.29) is 11.4 Å². The summed E-state index contributed by atoms with van der Waals surface area (Å²) in [6.07, 6.45) is 2.50. The highest BCUT2D eigenvalue weighted by molar-refractivity contribution is 5.50. The van der Waals surface area contributed by atoms with Crippen LogP contribution in [0.1, 0.15) is 5.56 Å². The third-order valence-electron chi connectivity index (χ3n) is 2.01. The molecule has 0 aliphatic rings. The van der Waals surface area contributed by atoms with Gasteiger partial charge in [-0.1, -0.05) is 0 Å². The number of hydrogen-bond acceptors (Lipinski definition) is 6. The third kappa shape index (κ3) is 2.10. The second kappa shape index (κ2) is 4.40. The van der Waals surface area contributed by atoms with Gasteiger partial charge in [-0.15, -0.1) is 0 Å². The van der Waals surface area contributed by atoms with Gasteiger partial charge in [-0.25, -0.2) is 15.0 Å². The minimum absolute atomic E-state index is 0.0465. The summed E-state index contributed by atoms with van der Waals surface area (Å²) >= 11 is 0. The number of aromatic amines is 1. The van der Waals surface area contributed by atoms with Crippen molar-refractivity contribution >= 4 is 0 Å². The van der Waals surface area contributed by atoms with Crippen LogP contribution >= 0.6 is 0 Å². The van der Waals surface area contributed by atoms with Crippen LogP contribution in [0.4, 0.5) is 0 Å². The highest BCUT2D eigenvalue weighted by Gasteiger charge is 2.06. The molecule has 0 spiro atoms. The van der Waals surface area contributed by atoms with E-state index in [0.717, 1.165) is 0 Å². The molecule has 2 heterocycles. The van der Waals surface area contributed by atoms with Gasteiger partial charge >= 0.3 is 0 Å². The molecule has 0 unspecified atom stereocenters. The highest BCUT2D eigenvalue weighted by Crippen LogP contribution is 2.13. The molecule has 1 N–H and O–H groups in total. The Hall–Kier alpha value is -2.75. The van der Waals surface area contributed by atoms with E-state index in [0.29, 0.717) is 11.6 Å². The largest absolute Gasteiger partial charge is 0.481 e. The normalized spacial score (nSPS) is 9.65. The summed E-state index contributed by atoms with van der Waals surface area (Å²) in [5, 5.41) is 8.61. The minimum atomic E-state index is -0.505. The summed E-state index contributed by atoms with van der Waals surface area (Å²) in [4.78, 5) is 25.6. The van der Waals surface area contributed by atoms with Gasteiger partial charge < -0.3 is 9.72 Å². The van der Waals surface area contributed by atoms with Crippen molar-refractivity contribution in [2.75, 3.05) is 7.11 Å². The molecule has 2 rings (SSSR count). The van der Waals surface area contributed by atoms with Crippen LogP contribution in [0.3, 0.4) is 0 Å². The topological polar surface area (TPSA) is 105 Å². The lowest BCUT2D eigenvalue weighted by Gasteiger charge is -2.01. The average molecular weight is 229 g/mol. The van der Waals surface area contributed by atoms with Gasteiger partial charge in [0, 0.05) is 6.07 Å². The fourth-order valence-corrected chi connectivity index (χ4v) is 1.19. The lowest BCUT2D eigenvalue weighted by Crippen LogP contribution is -2.12. The molecule has 17 heavy (non-hydrogen) atoms. The average Bonchev–Trinajstić information content (AvgIpc) is 2.38. The molecule has 7 heteroatoms. The maximum Gasteiger partial charge on any atom is 0.269 e. The Morgan fingerprint density at radius 1 is 1.41 bits per heavy atom. The lowest BCUT2D eigenvalue weighted by molar-refractivity contribution is 0.397. The zero-order valence-corrected chi connectivity index (χ0v) is 8.84. The SMILES string of the molecule is COc1cc(-c2ncc(C#N)c(=O)[nH]2)ncn1. The molecule has 0 radical (unpaired) electrons. The van der Waals surface area contributed by atoms with Crippen LogP contribution < -0.4 is 10.3 Å². The number of nitrogens with one attached hydrogen (secondary N) is 1. The quantitative estimate of drug-likeness (QED) is 0.783. The molecule has 0 saturated heterocycles. The molecular weight excluding hydrogens is 222 g/mol. The smallest absolute Gasteiger partial charge is 0.269 e. The van der Waals surface area contributed by atoms with Gasteiger partial charge in [-0.3, -0.25) is 4.79 Å². The van der Waals surface area contributed by atoms with Gasteiger partial charge in [-0.2, -0.15) is 5.26 Å². The number of nitriles is 1. The molecule has 0 fully saturated rings. The van der Waals surface area contributed by atoms with E-state index in [1.807, 2.05) is 0 Å².